The Labute approximate surface area is 190 Å². The van der Waals surface area contributed by atoms with Crippen LogP contribution in [0.5, 0.6) is 5.75 Å². The molecule has 0 saturated carbocycles. The van der Waals surface area contributed by atoms with E-state index in [1.54, 1.807) is 12.1 Å². The molecule has 32 heavy (non-hydrogen) atoms. The Bertz CT molecular complexity index is 1120. The summed E-state index contributed by atoms with van der Waals surface area (Å²) in [5.74, 6) is 0.183. The number of nitrogens with zero attached hydrogens (tertiary/aromatic N) is 1. The first-order valence-corrected chi connectivity index (χ1v) is 11.0. The molecule has 2 aromatic carbocycles. The molecule has 0 radical (unpaired) electrons. The van der Waals surface area contributed by atoms with E-state index in [2.05, 4.69) is 57.3 Å². The van der Waals surface area contributed by atoms with Crippen LogP contribution < -0.4 is 5.32 Å². The van der Waals surface area contributed by atoms with Gasteiger partial charge in [-0.15, -0.1) is 0 Å². The van der Waals surface area contributed by atoms with Gasteiger partial charge in [0.05, 0.1) is 5.52 Å². The number of rotatable bonds is 4. The number of hydrogen-bond donors (Lipinski definition) is 2. The SMILES string of the molecule is Cc1ccc(-c2c(CNC(=O)OC(C)(C)C)c(CC(C)(C)C)nc3ccc(O)cc23)cc1. The van der Waals surface area contributed by atoms with Crippen molar-refractivity contribution in [3.8, 4) is 16.9 Å². The number of hydrogen-bond acceptors (Lipinski definition) is 4. The van der Waals surface area contributed by atoms with E-state index in [1.165, 1.54) is 5.56 Å². The van der Waals surface area contributed by atoms with E-state index >= 15 is 0 Å². The molecule has 5 heteroatoms. The van der Waals surface area contributed by atoms with Crippen LogP contribution in [0.1, 0.15) is 58.4 Å². The summed E-state index contributed by atoms with van der Waals surface area (Å²) in [6.45, 7) is 14.4. The summed E-state index contributed by atoms with van der Waals surface area (Å²) in [4.78, 5) is 17.4. The number of aryl methyl sites for hydroxylation is 1. The third-order valence-corrected chi connectivity index (χ3v) is 5.00. The number of nitrogens with one attached hydrogen (secondary N) is 1. The molecule has 0 aliphatic heterocycles. The molecule has 170 valence electrons. The first-order chi connectivity index (χ1) is 14.8. The minimum atomic E-state index is -0.578. The van der Waals surface area contributed by atoms with Gasteiger partial charge in [-0.2, -0.15) is 0 Å². The van der Waals surface area contributed by atoms with Gasteiger partial charge in [-0.1, -0.05) is 50.6 Å². The number of amides is 1. The Kier molecular flexibility index (Phi) is 6.49. The third kappa shape index (κ3) is 6.00. The van der Waals surface area contributed by atoms with Gasteiger partial charge in [0, 0.05) is 23.2 Å². The Hall–Kier alpha value is -3.08. The summed E-state index contributed by atoms with van der Waals surface area (Å²) < 4.78 is 5.46. The van der Waals surface area contributed by atoms with E-state index in [0.717, 1.165) is 39.7 Å². The third-order valence-electron chi connectivity index (χ3n) is 5.00. The smallest absolute Gasteiger partial charge is 0.407 e. The van der Waals surface area contributed by atoms with E-state index < -0.39 is 11.7 Å². The monoisotopic (exact) mass is 434 g/mol. The zero-order valence-corrected chi connectivity index (χ0v) is 20.2. The lowest BCUT2D eigenvalue weighted by molar-refractivity contribution is 0.0523. The molecule has 0 saturated heterocycles. The maximum absolute atomic E-state index is 12.4. The molecule has 3 rings (SSSR count). The maximum atomic E-state index is 12.4. The molecule has 1 aromatic heterocycles. The topological polar surface area (TPSA) is 71.5 Å². The largest absolute Gasteiger partial charge is 0.508 e. The predicted molar refractivity (Wildman–Crippen MR) is 130 cm³/mol. The minimum absolute atomic E-state index is 0.00279. The van der Waals surface area contributed by atoms with Gasteiger partial charge in [0.25, 0.3) is 0 Å². The molecule has 0 bridgehead atoms. The van der Waals surface area contributed by atoms with Crippen molar-refractivity contribution >= 4 is 17.0 Å². The molecule has 3 aromatic rings. The van der Waals surface area contributed by atoms with Crippen molar-refractivity contribution < 1.29 is 14.6 Å². The number of carbonyl (C=O) groups excluding carboxylic acids is 1. The van der Waals surface area contributed by atoms with Gasteiger partial charge >= 0.3 is 6.09 Å². The molecule has 1 heterocycles. The molecule has 0 atom stereocenters. The highest BCUT2D eigenvalue weighted by Crippen LogP contribution is 2.37. The summed E-state index contributed by atoms with van der Waals surface area (Å²) in [7, 11) is 0. The molecule has 0 fully saturated rings. The second-order valence-electron chi connectivity index (χ2n) is 10.6. The van der Waals surface area contributed by atoms with Crippen LogP contribution in [0.3, 0.4) is 0 Å². The van der Waals surface area contributed by atoms with E-state index in [-0.39, 0.29) is 17.7 Å². The molecule has 2 N–H and O–H groups in total. The number of aromatic nitrogens is 1. The lowest BCUT2D eigenvalue weighted by atomic mass is 9.85. The Morgan fingerprint density at radius 2 is 1.69 bits per heavy atom. The summed E-state index contributed by atoms with van der Waals surface area (Å²) in [6.07, 6.45) is 0.277. The highest BCUT2D eigenvalue weighted by Gasteiger charge is 2.23. The van der Waals surface area contributed by atoms with Crippen molar-refractivity contribution in [3.63, 3.8) is 0 Å². The zero-order chi connectivity index (χ0) is 23.7. The normalized spacial score (nSPS) is 12.1. The van der Waals surface area contributed by atoms with E-state index in [1.807, 2.05) is 26.8 Å². The number of benzene rings is 2. The maximum Gasteiger partial charge on any atom is 0.407 e. The number of ether oxygens (including phenoxy) is 1. The summed E-state index contributed by atoms with van der Waals surface area (Å²) in [6, 6.07) is 13.5. The minimum Gasteiger partial charge on any atom is -0.508 e. The molecule has 0 spiro atoms. The number of phenolic OH excluding ortho intramolecular Hbond substituents is 1. The highest BCUT2D eigenvalue weighted by atomic mass is 16.6. The summed E-state index contributed by atoms with van der Waals surface area (Å²) in [5.41, 5.74) is 5.27. The van der Waals surface area contributed by atoms with Gasteiger partial charge in [-0.25, -0.2) is 4.79 Å². The van der Waals surface area contributed by atoms with Gasteiger partial charge in [-0.3, -0.25) is 4.98 Å². The van der Waals surface area contributed by atoms with Crippen LogP contribution in [0.2, 0.25) is 0 Å². The molecule has 0 aliphatic carbocycles. The van der Waals surface area contributed by atoms with Gasteiger partial charge in [0.1, 0.15) is 11.4 Å². The predicted octanol–water partition coefficient (Wildman–Crippen LogP) is 6.53. The van der Waals surface area contributed by atoms with Gasteiger partial charge in [-0.05, 0) is 68.9 Å². The van der Waals surface area contributed by atoms with E-state index in [9.17, 15) is 9.90 Å². The Morgan fingerprint density at radius 3 is 2.28 bits per heavy atom. The van der Waals surface area contributed by atoms with Crippen LogP contribution in [-0.2, 0) is 17.7 Å². The van der Waals surface area contributed by atoms with Crippen LogP contribution in [-0.4, -0.2) is 21.8 Å². The van der Waals surface area contributed by atoms with Gasteiger partial charge in [0.15, 0.2) is 0 Å². The van der Waals surface area contributed by atoms with E-state index in [4.69, 9.17) is 9.72 Å². The van der Waals surface area contributed by atoms with Crippen molar-refractivity contribution in [2.75, 3.05) is 0 Å². The average Bonchev–Trinajstić information content (AvgIpc) is 2.64. The number of alkyl carbamates (subject to hydrolysis) is 1. The van der Waals surface area contributed by atoms with Gasteiger partial charge in [0.2, 0.25) is 0 Å². The highest BCUT2D eigenvalue weighted by molar-refractivity contribution is 5.97. The van der Waals surface area contributed by atoms with E-state index in [0.29, 0.717) is 0 Å². The number of phenols is 1. The van der Waals surface area contributed by atoms with Crippen molar-refractivity contribution in [2.45, 2.75) is 67.0 Å². The molecular formula is C27H34N2O3. The van der Waals surface area contributed by atoms with Gasteiger partial charge < -0.3 is 15.2 Å². The van der Waals surface area contributed by atoms with Crippen molar-refractivity contribution in [3.05, 3.63) is 59.3 Å². The fourth-order valence-electron chi connectivity index (χ4n) is 3.71. The molecular weight excluding hydrogens is 400 g/mol. The molecule has 0 unspecified atom stereocenters. The van der Waals surface area contributed by atoms with Crippen LogP contribution in [0.15, 0.2) is 42.5 Å². The fourth-order valence-corrected chi connectivity index (χ4v) is 3.71. The first-order valence-electron chi connectivity index (χ1n) is 11.0. The van der Waals surface area contributed by atoms with Crippen molar-refractivity contribution in [1.29, 1.82) is 0 Å². The first kappa shape index (κ1) is 23.6. The summed E-state index contributed by atoms with van der Waals surface area (Å²) >= 11 is 0. The molecule has 1 amide bonds. The molecule has 0 aliphatic rings. The van der Waals surface area contributed by atoms with Crippen LogP contribution in [0, 0.1) is 12.3 Å². The van der Waals surface area contributed by atoms with Crippen LogP contribution in [0.25, 0.3) is 22.0 Å². The Morgan fingerprint density at radius 1 is 1.03 bits per heavy atom. The standard InChI is InChI=1S/C27H34N2O3/c1-17-8-10-18(11-9-17)24-20-14-19(30)12-13-22(20)29-23(15-26(2,3)4)21(24)16-28-25(31)32-27(5,6)7/h8-14,30H,15-16H2,1-7H3,(H,28,31). The van der Waals surface area contributed by atoms with Crippen molar-refractivity contribution in [1.82, 2.24) is 10.3 Å². The second-order valence-corrected chi connectivity index (χ2v) is 10.6. The fraction of sp³-hybridized carbons (Fsp3) is 0.407. The van der Waals surface area contributed by atoms with Crippen molar-refractivity contribution in [2.24, 2.45) is 5.41 Å². The zero-order valence-electron chi connectivity index (χ0n) is 20.2. The van der Waals surface area contributed by atoms with Crippen LogP contribution in [0.4, 0.5) is 4.79 Å². The summed E-state index contributed by atoms with van der Waals surface area (Å²) in [5, 5.41) is 14.0. The number of carbonyl (C=O) groups is 1. The number of pyridine rings is 1. The second kappa shape index (κ2) is 8.81. The quantitative estimate of drug-likeness (QED) is 0.490. The van der Waals surface area contributed by atoms with Crippen LogP contribution >= 0.6 is 0 Å². The number of fused-ring (bicyclic) bond motifs is 1. The Balaban J connectivity index is 2.21. The number of aromatic hydroxyl groups is 1. The average molecular weight is 435 g/mol. The molecule has 5 nitrogen and oxygen atoms in total. The lowest BCUT2D eigenvalue weighted by Gasteiger charge is -2.24. The lowest BCUT2D eigenvalue weighted by Crippen LogP contribution is -2.32.